The molecule has 0 fully saturated rings. The quantitative estimate of drug-likeness (QED) is 0.691. The molecule has 0 aliphatic carbocycles. The van der Waals surface area contributed by atoms with E-state index in [1.165, 1.54) is 13.2 Å². The molecule has 0 bridgehead atoms. The van der Waals surface area contributed by atoms with E-state index in [2.05, 4.69) is 4.98 Å². The summed E-state index contributed by atoms with van der Waals surface area (Å²) in [7, 11) is 1.42. The summed E-state index contributed by atoms with van der Waals surface area (Å²) >= 11 is 0. The van der Waals surface area contributed by atoms with E-state index in [0.717, 1.165) is 11.1 Å². The van der Waals surface area contributed by atoms with Crippen molar-refractivity contribution < 1.29 is 18.6 Å². The number of nitrogens with zero attached hydrogens (tertiary/aromatic N) is 1. The van der Waals surface area contributed by atoms with Gasteiger partial charge in [-0.25, -0.2) is 9.37 Å². The van der Waals surface area contributed by atoms with Crippen molar-refractivity contribution in [1.82, 2.24) is 4.98 Å². The summed E-state index contributed by atoms with van der Waals surface area (Å²) in [6.07, 6.45) is 0. The van der Waals surface area contributed by atoms with Crippen molar-refractivity contribution in [2.45, 2.75) is 6.92 Å². The van der Waals surface area contributed by atoms with Crippen LogP contribution in [0.3, 0.4) is 0 Å². The predicted octanol–water partition coefficient (Wildman–Crippen LogP) is 4.57. The molecule has 0 radical (unpaired) electrons. The Balaban J connectivity index is 1.91. The molecule has 5 heteroatoms. The fourth-order valence-electron chi connectivity index (χ4n) is 2.26. The second-order valence-electron chi connectivity index (χ2n) is 4.81. The van der Waals surface area contributed by atoms with Gasteiger partial charge in [0.25, 0.3) is 0 Å². The number of rotatable bonds is 5. The van der Waals surface area contributed by atoms with Crippen LogP contribution in [0.15, 0.2) is 48.5 Å². The number of fused-ring (bicyclic) bond motifs is 1. The topological polar surface area (TPSA) is 40.6 Å². The first-order valence-electron chi connectivity index (χ1n) is 7.25. The number of ether oxygens (including phenoxy) is 3. The molecule has 0 N–H and O–H groups in total. The molecule has 0 saturated heterocycles. The Morgan fingerprint density at radius 1 is 0.957 bits per heavy atom. The lowest BCUT2D eigenvalue weighted by molar-refractivity contribution is 0.339. The highest BCUT2D eigenvalue weighted by Gasteiger charge is 2.11. The van der Waals surface area contributed by atoms with Gasteiger partial charge in [-0.2, -0.15) is 0 Å². The van der Waals surface area contributed by atoms with Crippen LogP contribution in [-0.4, -0.2) is 18.7 Å². The van der Waals surface area contributed by atoms with Gasteiger partial charge >= 0.3 is 0 Å². The van der Waals surface area contributed by atoms with Gasteiger partial charge in [-0.05, 0) is 49.4 Å². The van der Waals surface area contributed by atoms with E-state index >= 15 is 0 Å². The van der Waals surface area contributed by atoms with Crippen molar-refractivity contribution in [3.63, 3.8) is 0 Å². The first kappa shape index (κ1) is 15.1. The van der Waals surface area contributed by atoms with E-state index in [1.807, 2.05) is 25.1 Å². The molecular weight excluding hydrogens is 297 g/mol. The molecule has 1 aromatic heterocycles. The third-order valence-corrected chi connectivity index (χ3v) is 3.30. The number of halogens is 1. The van der Waals surface area contributed by atoms with Crippen molar-refractivity contribution in [1.29, 1.82) is 0 Å². The number of pyridine rings is 1. The van der Waals surface area contributed by atoms with Gasteiger partial charge in [0.1, 0.15) is 17.0 Å². The van der Waals surface area contributed by atoms with Crippen LogP contribution in [0.1, 0.15) is 6.92 Å². The first-order chi connectivity index (χ1) is 11.2. The molecule has 0 atom stereocenters. The van der Waals surface area contributed by atoms with Crippen LogP contribution < -0.4 is 14.2 Å². The third kappa shape index (κ3) is 3.18. The van der Waals surface area contributed by atoms with Crippen molar-refractivity contribution in [2.24, 2.45) is 0 Å². The summed E-state index contributed by atoms with van der Waals surface area (Å²) in [6.45, 7) is 2.54. The van der Waals surface area contributed by atoms with E-state index in [0.29, 0.717) is 23.8 Å². The summed E-state index contributed by atoms with van der Waals surface area (Å²) in [5.74, 6) is 1.42. The van der Waals surface area contributed by atoms with Gasteiger partial charge in [0.05, 0.1) is 13.7 Å². The maximum absolute atomic E-state index is 13.8. The van der Waals surface area contributed by atoms with Gasteiger partial charge in [0.2, 0.25) is 5.88 Å². The van der Waals surface area contributed by atoms with Gasteiger partial charge in [0, 0.05) is 11.5 Å². The number of hydrogen-bond acceptors (Lipinski definition) is 4. The second-order valence-corrected chi connectivity index (χ2v) is 4.81. The van der Waals surface area contributed by atoms with Gasteiger partial charge < -0.3 is 14.2 Å². The normalized spacial score (nSPS) is 10.6. The molecule has 0 amide bonds. The third-order valence-electron chi connectivity index (χ3n) is 3.30. The van der Waals surface area contributed by atoms with Crippen LogP contribution in [0.5, 0.6) is 23.1 Å². The highest BCUT2D eigenvalue weighted by molar-refractivity contribution is 5.85. The van der Waals surface area contributed by atoms with Crippen LogP contribution in [0.25, 0.3) is 10.9 Å². The van der Waals surface area contributed by atoms with Crippen molar-refractivity contribution in [3.8, 4) is 23.1 Å². The van der Waals surface area contributed by atoms with Crippen molar-refractivity contribution in [3.05, 3.63) is 54.3 Å². The number of methoxy groups -OCH3 is 1. The molecule has 0 aliphatic heterocycles. The van der Waals surface area contributed by atoms with Crippen LogP contribution in [0, 0.1) is 5.82 Å². The zero-order chi connectivity index (χ0) is 16.2. The summed E-state index contributed by atoms with van der Waals surface area (Å²) in [4.78, 5) is 4.34. The van der Waals surface area contributed by atoms with Crippen LogP contribution in [0.2, 0.25) is 0 Å². The minimum absolute atomic E-state index is 0.111. The lowest BCUT2D eigenvalue weighted by Gasteiger charge is -2.09. The van der Waals surface area contributed by atoms with Gasteiger partial charge in [-0.3, -0.25) is 0 Å². The molecule has 4 nitrogen and oxygen atoms in total. The van der Waals surface area contributed by atoms with Gasteiger partial charge in [-0.15, -0.1) is 0 Å². The van der Waals surface area contributed by atoms with Crippen LogP contribution in [-0.2, 0) is 0 Å². The monoisotopic (exact) mass is 313 g/mol. The molecule has 1 heterocycles. The smallest absolute Gasteiger partial charge is 0.219 e. The fraction of sp³-hybridized carbons (Fsp3) is 0.167. The van der Waals surface area contributed by atoms with E-state index in [4.69, 9.17) is 14.2 Å². The highest BCUT2D eigenvalue weighted by Crippen LogP contribution is 2.30. The Hall–Kier alpha value is -2.82. The van der Waals surface area contributed by atoms with Crippen LogP contribution in [0.4, 0.5) is 4.39 Å². The minimum Gasteiger partial charge on any atom is -0.494 e. The van der Waals surface area contributed by atoms with Gasteiger partial charge in [-0.1, -0.05) is 0 Å². The van der Waals surface area contributed by atoms with E-state index in [9.17, 15) is 4.39 Å². The molecule has 0 saturated carbocycles. The molecule has 0 aliphatic rings. The Labute approximate surface area is 133 Å². The standard InChI is InChI=1S/C18H16FNO3/c1-3-22-13-6-8-14(9-7-13)23-16-11-5-12-4-10-15(19)18(21-2)17(12)20-16/h4-11H,3H2,1-2H3. The molecule has 3 aromatic rings. The lowest BCUT2D eigenvalue weighted by Crippen LogP contribution is -1.94. The highest BCUT2D eigenvalue weighted by atomic mass is 19.1. The predicted molar refractivity (Wildman–Crippen MR) is 85.9 cm³/mol. The van der Waals surface area contributed by atoms with E-state index < -0.39 is 5.82 Å². The minimum atomic E-state index is -0.453. The molecule has 0 unspecified atom stereocenters. The average Bonchev–Trinajstić information content (AvgIpc) is 2.57. The van der Waals surface area contributed by atoms with Crippen LogP contribution >= 0.6 is 0 Å². The Kier molecular flexibility index (Phi) is 4.28. The maximum atomic E-state index is 13.8. The summed E-state index contributed by atoms with van der Waals surface area (Å²) < 4.78 is 30.0. The van der Waals surface area contributed by atoms with Gasteiger partial charge in [0.15, 0.2) is 11.6 Å². The fourth-order valence-corrected chi connectivity index (χ4v) is 2.26. The second kappa shape index (κ2) is 6.52. The zero-order valence-electron chi connectivity index (χ0n) is 12.9. The number of hydrogen-bond donors (Lipinski definition) is 0. The zero-order valence-corrected chi connectivity index (χ0v) is 12.9. The summed E-state index contributed by atoms with van der Waals surface area (Å²) in [5.41, 5.74) is 0.427. The van der Waals surface area contributed by atoms with E-state index in [-0.39, 0.29) is 5.75 Å². The maximum Gasteiger partial charge on any atom is 0.219 e. The van der Waals surface area contributed by atoms with E-state index in [1.54, 1.807) is 24.3 Å². The number of benzene rings is 2. The number of aromatic nitrogens is 1. The molecule has 2 aromatic carbocycles. The Morgan fingerprint density at radius 3 is 2.35 bits per heavy atom. The lowest BCUT2D eigenvalue weighted by atomic mass is 10.2. The first-order valence-corrected chi connectivity index (χ1v) is 7.25. The largest absolute Gasteiger partial charge is 0.494 e. The Bertz CT molecular complexity index is 818. The molecule has 118 valence electrons. The summed E-state index contributed by atoms with van der Waals surface area (Å²) in [5, 5.41) is 0.780. The SMILES string of the molecule is CCOc1ccc(Oc2ccc3ccc(F)c(OC)c3n2)cc1. The summed E-state index contributed by atoms with van der Waals surface area (Å²) in [6, 6.07) is 13.8. The molecule has 3 rings (SSSR count). The molecule has 0 spiro atoms. The Morgan fingerprint density at radius 2 is 1.65 bits per heavy atom. The molecule has 23 heavy (non-hydrogen) atoms. The average molecular weight is 313 g/mol. The molecular formula is C18H16FNO3. The van der Waals surface area contributed by atoms with Crippen molar-refractivity contribution >= 4 is 10.9 Å². The van der Waals surface area contributed by atoms with Crippen molar-refractivity contribution in [2.75, 3.05) is 13.7 Å².